The highest BCUT2D eigenvalue weighted by Crippen LogP contribution is 2.30. The SMILES string of the molecule is CC1OCCC1C(=O)N[C@@H]1C[C@H]1C. The first kappa shape index (κ1) is 9.00. The zero-order chi connectivity index (χ0) is 9.42. The van der Waals surface area contributed by atoms with Crippen LogP contribution in [0.25, 0.3) is 0 Å². The summed E-state index contributed by atoms with van der Waals surface area (Å²) in [5, 5.41) is 3.06. The summed E-state index contributed by atoms with van der Waals surface area (Å²) in [4.78, 5) is 11.7. The van der Waals surface area contributed by atoms with E-state index in [0.717, 1.165) is 19.4 Å². The largest absolute Gasteiger partial charge is 0.378 e. The van der Waals surface area contributed by atoms with E-state index in [0.29, 0.717) is 12.0 Å². The summed E-state index contributed by atoms with van der Waals surface area (Å²) in [6, 6.07) is 0.445. The fraction of sp³-hybridized carbons (Fsp3) is 0.900. The quantitative estimate of drug-likeness (QED) is 0.691. The van der Waals surface area contributed by atoms with E-state index in [1.807, 2.05) is 6.92 Å². The van der Waals surface area contributed by atoms with E-state index in [2.05, 4.69) is 12.2 Å². The number of ether oxygens (including phenoxy) is 1. The van der Waals surface area contributed by atoms with Crippen molar-refractivity contribution in [1.82, 2.24) is 5.32 Å². The smallest absolute Gasteiger partial charge is 0.226 e. The van der Waals surface area contributed by atoms with Crippen LogP contribution in [-0.2, 0) is 9.53 Å². The lowest BCUT2D eigenvalue weighted by molar-refractivity contribution is -0.126. The molecule has 13 heavy (non-hydrogen) atoms. The van der Waals surface area contributed by atoms with Crippen molar-refractivity contribution in [3.8, 4) is 0 Å². The molecular formula is C10H17NO2. The molecule has 2 unspecified atom stereocenters. The summed E-state index contributed by atoms with van der Waals surface area (Å²) in [6.45, 7) is 4.88. The van der Waals surface area contributed by atoms with Crippen LogP contribution in [0.15, 0.2) is 0 Å². The molecule has 1 aliphatic heterocycles. The van der Waals surface area contributed by atoms with Gasteiger partial charge in [-0.1, -0.05) is 6.92 Å². The van der Waals surface area contributed by atoms with Gasteiger partial charge in [0.25, 0.3) is 0 Å². The molecule has 0 radical (unpaired) electrons. The van der Waals surface area contributed by atoms with Crippen LogP contribution < -0.4 is 5.32 Å². The van der Waals surface area contributed by atoms with Crippen LogP contribution in [-0.4, -0.2) is 24.7 Å². The Morgan fingerprint density at radius 3 is 2.62 bits per heavy atom. The molecule has 0 spiro atoms. The number of carbonyl (C=O) groups excluding carboxylic acids is 1. The third kappa shape index (κ3) is 1.85. The maximum Gasteiger partial charge on any atom is 0.226 e. The molecule has 2 rings (SSSR count). The summed E-state index contributed by atoms with van der Waals surface area (Å²) < 4.78 is 5.35. The molecular weight excluding hydrogens is 166 g/mol. The Labute approximate surface area is 78.8 Å². The van der Waals surface area contributed by atoms with Gasteiger partial charge < -0.3 is 10.1 Å². The van der Waals surface area contributed by atoms with Crippen molar-refractivity contribution in [1.29, 1.82) is 0 Å². The van der Waals surface area contributed by atoms with Crippen LogP contribution in [0.3, 0.4) is 0 Å². The number of rotatable bonds is 2. The Kier molecular flexibility index (Phi) is 2.28. The van der Waals surface area contributed by atoms with E-state index in [1.54, 1.807) is 0 Å². The van der Waals surface area contributed by atoms with Crippen LogP contribution in [0.4, 0.5) is 0 Å². The fourth-order valence-corrected chi connectivity index (χ4v) is 1.89. The minimum absolute atomic E-state index is 0.0906. The van der Waals surface area contributed by atoms with Crippen molar-refractivity contribution in [3.63, 3.8) is 0 Å². The molecule has 0 aromatic rings. The Hall–Kier alpha value is -0.570. The first-order valence-electron chi connectivity index (χ1n) is 5.10. The second kappa shape index (κ2) is 3.29. The molecule has 1 heterocycles. The van der Waals surface area contributed by atoms with Crippen LogP contribution in [0.2, 0.25) is 0 Å². The normalized spacial score (nSPS) is 43.2. The van der Waals surface area contributed by atoms with Gasteiger partial charge in [0, 0.05) is 12.6 Å². The van der Waals surface area contributed by atoms with Crippen LogP contribution >= 0.6 is 0 Å². The molecule has 1 saturated carbocycles. The van der Waals surface area contributed by atoms with E-state index < -0.39 is 0 Å². The third-order valence-corrected chi connectivity index (χ3v) is 3.15. The molecule has 0 bridgehead atoms. The highest BCUT2D eigenvalue weighted by molar-refractivity contribution is 5.80. The molecule has 1 N–H and O–H groups in total. The van der Waals surface area contributed by atoms with Gasteiger partial charge in [0.2, 0.25) is 5.91 Å². The predicted octanol–water partition coefficient (Wildman–Crippen LogP) is 0.936. The van der Waals surface area contributed by atoms with Gasteiger partial charge in [-0.15, -0.1) is 0 Å². The highest BCUT2D eigenvalue weighted by Gasteiger charge is 2.38. The van der Waals surface area contributed by atoms with Crippen LogP contribution in [0, 0.1) is 11.8 Å². The molecule has 2 aliphatic rings. The van der Waals surface area contributed by atoms with Crippen molar-refractivity contribution < 1.29 is 9.53 Å². The summed E-state index contributed by atoms with van der Waals surface area (Å²) >= 11 is 0. The second-order valence-electron chi connectivity index (χ2n) is 4.30. The summed E-state index contributed by atoms with van der Waals surface area (Å²) in [5.41, 5.74) is 0. The van der Waals surface area contributed by atoms with Gasteiger partial charge in [0.1, 0.15) is 0 Å². The molecule has 1 aliphatic carbocycles. The van der Waals surface area contributed by atoms with Crippen molar-refractivity contribution >= 4 is 5.91 Å². The standard InChI is InChI=1S/C10H17NO2/c1-6-5-9(6)11-10(12)8-3-4-13-7(8)2/h6-9H,3-5H2,1-2H3,(H,11,12)/t6-,7?,8?,9-/m1/s1. The van der Waals surface area contributed by atoms with Gasteiger partial charge in [-0.3, -0.25) is 4.79 Å². The van der Waals surface area contributed by atoms with E-state index in [1.165, 1.54) is 0 Å². The molecule has 1 saturated heterocycles. The first-order chi connectivity index (χ1) is 6.18. The Morgan fingerprint density at radius 1 is 1.46 bits per heavy atom. The number of carbonyl (C=O) groups is 1. The minimum atomic E-state index is 0.0906. The number of amides is 1. The van der Waals surface area contributed by atoms with Crippen LogP contribution in [0.1, 0.15) is 26.7 Å². The summed E-state index contributed by atoms with van der Waals surface area (Å²) in [5.74, 6) is 0.966. The first-order valence-corrected chi connectivity index (χ1v) is 5.10. The molecule has 74 valence electrons. The molecule has 4 atom stereocenters. The van der Waals surface area contributed by atoms with E-state index >= 15 is 0 Å². The third-order valence-electron chi connectivity index (χ3n) is 3.15. The van der Waals surface area contributed by atoms with Gasteiger partial charge >= 0.3 is 0 Å². The minimum Gasteiger partial charge on any atom is -0.378 e. The maximum atomic E-state index is 11.7. The number of hydrogen-bond donors (Lipinski definition) is 1. The van der Waals surface area contributed by atoms with Crippen molar-refractivity contribution in [3.05, 3.63) is 0 Å². The van der Waals surface area contributed by atoms with Crippen molar-refractivity contribution in [2.45, 2.75) is 38.8 Å². The lowest BCUT2D eigenvalue weighted by Crippen LogP contribution is -2.36. The average Bonchev–Trinajstić information content (AvgIpc) is 2.62. The fourth-order valence-electron chi connectivity index (χ4n) is 1.89. The lowest BCUT2D eigenvalue weighted by atomic mass is 10.0. The molecule has 2 fully saturated rings. The van der Waals surface area contributed by atoms with Gasteiger partial charge in [-0.2, -0.15) is 0 Å². The van der Waals surface area contributed by atoms with Gasteiger partial charge in [0.05, 0.1) is 12.0 Å². The Bertz CT molecular complexity index is 217. The molecule has 0 aromatic heterocycles. The Morgan fingerprint density at radius 2 is 2.15 bits per heavy atom. The summed E-state index contributed by atoms with van der Waals surface area (Å²) in [7, 11) is 0. The van der Waals surface area contributed by atoms with Gasteiger partial charge in [0.15, 0.2) is 0 Å². The van der Waals surface area contributed by atoms with Crippen molar-refractivity contribution in [2.75, 3.05) is 6.61 Å². The van der Waals surface area contributed by atoms with Gasteiger partial charge in [-0.25, -0.2) is 0 Å². The Balaban J connectivity index is 1.82. The molecule has 1 amide bonds. The predicted molar refractivity (Wildman–Crippen MR) is 49.2 cm³/mol. The van der Waals surface area contributed by atoms with Crippen molar-refractivity contribution in [2.24, 2.45) is 11.8 Å². The van der Waals surface area contributed by atoms with E-state index in [-0.39, 0.29) is 17.9 Å². The average molecular weight is 183 g/mol. The molecule has 0 aromatic carbocycles. The van der Waals surface area contributed by atoms with Crippen LogP contribution in [0.5, 0.6) is 0 Å². The van der Waals surface area contributed by atoms with E-state index in [9.17, 15) is 4.79 Å². The lowest BCUT2D eigenvalue weighted by Gasteiger charge is -2.13. The monoisotopic (exact) mass is 183 g/mol. The second-order valence-corrected chi connectivity index (χ2v) is 4.30. The van der Waals surface area contributed by atoms with Gasteiger partial charge in [-0.05, 0) is 25.7 Å². The zero-order valence-electron chi connectivity index (χ0n) is 8.25. The maximum absolute atomic E-state index is 11.7. The number of nitrogens with one attached hydrogen (secondary N) is 1. The molecule has 3 nitrogen and oxygen atoms in total. The zero-order valence-corrected chi connectivity index (χ0v) is 8.25. The number of hydrogen-bond acceptors (Lipinski definition) is 2. The summed E-state index contributed by atoms with van der Waals surface area (Å²) in [6.07, 6.45) is 2.14. The topological polar surface area (TPSA) is 38.3 Å². The highest BCUT2D eigenvalue weighted by atomic mass is 16.5. The molecule has 3 heteroatoms. The van der Waals surface area contributed by atoms with E-state index in [4.69, 9.17) is 4.74 Å².